The van der Waals surface area contributed by atoms with Gasteiger partial charge in [0.05, 0.1) is 29.4 Å². The second kappa shape index (κ2) is 8.61. The van der Waals surface area contributed by atoms with E-state index in [0.29, 0.717) is 30.2 Å². The van der Waals surface area contributed by atoms with Gasteiger partial charge in [0, 0.05) is 18.5 Å². The predicted molar refractivity (Wildman–Crippen MR) is 111 cm³/mol. The molecule has 1 aliphatic heterocycles. The van der Waals surface area contributed by atoms with Crippen molar-refractivity contribution >= 4 is 40.6 Å². The highest BCUT2D eigenvalue weighted by atomic mass is 35.5. The Kier molecular flexibility index (Phi) is 6.36. The highest BCUT2D eigenvalue weighted by molar-refractivity contribution is 6.44. The Morgan fingerprint density at radius 1 is 1.17 bits per heavy atom. The molecule has 0 bridgehead atoms. The molecule has 0 saturated carbocycles. The summed E-state index contributed by atoms with van der Waals surface area (Å²) in [5.74, 6) is 0.307. The number of ether oxygens (including phenoxy) is 2. The molecule has 1 amide bonds. The van der Waals surface area contributed by atoms with Gasteiger partial charge < -0.3 is 19.5 Å². The summed E-state index contributed by atoms with van der Waals surface area (Å²) in [6.07, 6.45) is 0.132. The number of Topliss-reactive ketones (excluding diaryl/α,β-unsaturated/α-hetero) is 1. The molecule has 1 unspecified atom stereocenters. The summed E-state index contributed by atoms with van der Waals surface area (Å²) in [6, 6.07) is 10.3. The Morgan fingerprint density at radius 2 is 1.86 bits per heavy atom. The van der Waals surface area contributed by atoms with E-state index in [9.17, 15) is 14.7 Å². The van der Waals surface area contributed by atoms with Crippen molar-refractivity contribution < 1.29 is 24.2 Å². The highest BCUT2D eigenvalue weighted by Gasteiger charge is 2.51. The van der Waals surface area contributed by atoms with Crippen molar-refractivity contribution in [2.45, 2.75) is 25.4 Å². The van der Waals surface area contributed by atoms with Crippen molar-refractivity contribution in [1.29, 1.82) is 0 Å². The van der Waals surface area contributed by atoms with E-state index in [-0.39, 0.29) is 34.4 Å². The summed E-state index contributed by atoms with van der Waals surface area (Å²) in [4.78, 5) is 26.1. The molecule has 29 heavy (non-hydrogen) atoms. The normalized spacial score (nSPS) is 18.0. The van der Waals surface area contributed by atoms with Gasteiger partial charge in [0.25, 0.3) is 5.91 Å². The Balaban J connectivity index is 1.78. The number of nitrogens with zero attached hydrogens (tertiary/aromatic N) is 1. The van der Waals surface area contributed by atoms with Crippen LogP contribution in [0.5, 0.6) is 11.5 Å². The van der Waals surface area contributed by atoms with Crippen LogP contribution in [0.3, 0.4) is 0 Å². The molecular weight excluding hydrogens is 417 g/mol. The second-order valence-electron chi connectivity index (χ2n) is 6.81. The van der Waals surface area contributed by atoms with E-state index in [0.717, 1.165) is 0 Å². The molecule has 3 rings (SSSR count). The lowest BCUT2D eigenvalue weighted by Crippen LogP contribution is -2.42. The summed E-state index contributed by atoms with van der Waals surface area (Å²) >= 11 is 12.5. The van der Waals surface area contributed by atoms with E-state index in [2.05, 4.69) is 0 Å². The van der Waals surface area contributed by atoms with E-state index in [1.54, 1.807) is 19.2 Å². The van der Waals surface area contributed by atoms with Crippen molar-refractivity contribution in [2.24, 2.45) is 0 Å². The number of anilines is 1. The van der Waals surface area contributed by atoms with Crippen molar-refractivity contribution in [3.05, 3.63) is 52.0 Å². The molecule has 6 nitrogen and oxygen atoms in total. The number of amides is 1. The maximum Gasteiger partial charge on any atom is 0.264 e. The fraction of sp³-hybridized carbons (Fsp3) is 0.333. The zero-order chi connectivity index (χ0) is 21.2. The molecule has 154 valence electrons. The zero-order valence-corrected chi connectivity index (χ0v) is 17.6. The molecule has 0 aliphatic carbocycles. The molecule has 0 radical (unpaired) electrons. The van der Waals surface area contributed by atoms with Crippen molar-refractivity contribution in [3.63, 3.8) is 0 Å². The number of carbonyl (C=O) groups excluding carboxylic acids is 2. The topological polar surface area (TPSA) is 76.1 Å². The number of aliphatic hydroxyl groups is 1. The van der Waals surface area contributed by atoms with Crippen molar-refractivity contribution in [2.75, 3.05) is 25.2 Å². The minimum Gasteiger partial charge on any atom is -0.493 e. The summed E-state index contributed by atoms with van der Waals surface area (Å²) in [7, 11) is 1.56. The van der Waals surface area contributed by atoms with Crippen molar-refractivity contribution in [3.8, 4) is 11.5 Å². The Morgan fingerprint density at radius 3 is 2.52 bits per heavy atom. The van der Waals surface area contributed by atoms with Gasteiger partial charge in [-0.25, -0.2) is 0 Å². The largest absolute Gasteiger partial charge is 0.493 e. The van der Waals surface area contributed by atoms with Gasteiger partial charge in [-0.3, -0.25) is 9.59 Å². The summed E-state index contributed by atoms with van der Waals surface area (Å²) < 4.78 is 11.0. The van der Waals surface area contributed by atoms with Crippen LogP contribution in [0.2, 0.25) is 10.0 Å². The molecule has 1 aliphatic rings. The van der Waals surface area contributed by atoms with E-state index < -0.39 is 11.5 Å². The lowest BCUT2D eigenvalue weighted by atomic mass is 9.90. The molecule has 1 atom stereocenters. The number of halogens is 2. The van der Waals surface area contributed by atoms with Crippen LogP contribution in [0, 0.1) is 0 Å². The molecule has 0 spiro atoms. The van der Waals surface area contributed by atoms with Crippen LogP contribution in [0.4, 0.5) is 5.69 Å². The van der Waals surface area contributed by atoms with E-state index in [4.69, 9.17) is 32.7 Å². The first-order valence-electron chi connectivity index (χ1n) is 9.07. The molecular formula is C21H21Cl2NO5. The molecule has 8 heteroatoms. The van der Waals surface area contributed by atoms with E-state index >= 15 is 0 Å². The number of rotatable bonds is 8. The van der Waals surface area contributed by atoms with E-state index in [1.165, 1.54) is 24.0 Å². The Hall–Kier alpha value is -2.28. The van der Waals surface area contributed by atoms with Gasteiger partial charge in [-0.15, -0.1) is 0 Å². The number of para-hydroxylation sites is 2. The Labute approximate surface area is 178 Å². The minimum atomic E-state index is -1.95. The second-order valence-corrected chi connectivity index (χ2v) is 7.59. The van der Waals surface area contributed by atoms with Gasteiger partial charge >= 0.3 is 0 Å². The summed E-state index contributed by atoms with van der Waals surface area (Å²) in [6.45, 7) is 1.87. The van der Waals surface area contributed by atoms with Crippen LogP contribution >= 0.6 is 23.2 Å². The zero-order valence-electron chi connectivity index (χ0n) is 16.1. The SMILES string of the molecule is COc1ccccc1OCCCN1C(=O)C(O)(CC(C)=O)c2ccc(Cl)c(Cl)c21. The highest BCUT2D eigenvalue weighted by Crippen LogP contribution is 2.48. The first-order valence-corrected chi connectivity index (χ1v) is 9.83. The fourth-order valence-electron chi connectivity index (χ4n) is 3.46. The molecule has 0 fully saturated rings. The molecule has 2 aromatic rings. The smallest absolute Gasteiger partial charge is 0.264 e. The summed E-state index contributed by atoms with van der Waals surface area (Å²) in [5.41, 5.74) is -1.32. The molecule has 1 N–H and O–H groups in total. The monoisotopic (exact) mass is 437 g/mol. The van der Waals surface area contributed by atoms with Crippen molar-refractivity contribution in [1.82, 2.24) is 0 Å². The van der Waals surface area contributed by atoms with Gasteiger partial charge in [0.15, 0.2) is 17.1 Å². The minimum absolute atomic E-state index is 0.169. The third kappa shape index (κ3) is 4.06. The van der Waals surface area contributed by atoms with Gasteiger partial charge in [-0.1, -0.05) is 41.4 Å². The third-order valence-electron chi connectivity index (χ3n) is 4.74. The van der Waals surface area contributed by atoms with Gasteiger partial charge in [0.1, 0.15) is 5.78 Å². The Bertz CT molecular complexity index is 949. The van der Waals surface area contributed by atoms with Crippen LogP contribution in [0.1, 0.15) is 25.3 Å². The molecule has 2 aromatic carbocycles. The van der Waals surface area contributed by atoms with Crippen LogP contribution in [0.15, 0.2) is 36.4 Å². The van der Waals surface area contributed by atoms with E-state index in [1.807, 2.05) is 12.1 Å². The fourth-order valence-corrected chi connectivity index (χ4v) is 3.88. The first-order chi connectivity index (χ1) is 13.8. The van der Waals surface area contributed by atoms with Crippen LogP contribution in [-0.2, 0) is 15.2 Å². The lowest BCUT2D eigenvalue weighted by Gasteiger charge is -2.22. The predicted octanol–water partition coefficient (Wildman–Crippen LogP) is 3.98. The van der Waals surface area contributed by atoms with Crippen LogP contribution < -0.4 is 14.4 Å². The van der Waals surface area contributed by atoms with Crippen LogP contribution in [-0.4, -0.2) is 37.1 Å². The number of ketones is 1. The number of hydrogen-bond donors (Lipinski definition) is 1. The number of fused-ring (bicyclic) bond motifs is 1. The first kappa shape index (κ1) is 21.4. The standard InChI is InChI=1S/C21H21Cl2NO5/c1-13(25)12-21(27)14-8-9-15(22)18(23)19(14)24(20(21)26)10-5-11-29-17-7-4-3-6-16(17)28-2/h3-4,6-9,27H,5,10-12H2,1-2H3. The number of benzene rings is 2. The maximum atomic E-state index is 13.0. The number of carbonyl (C=O) groups is 2. The molecule has 0 aromatic heterocycles. The number of hydrogen-bond acceptors (Lipinski definition) is 5. The third-order valence-corrected chi connectivity index (χ3v) is 5.54. The van der Waals surface area contributed by atoms with Gasteiger partial charge in [-0.2, -0.15) is 0 Å². The van der Waals surface area contributed by atoms with Gasteiger partial charge in [-0.05, 0) is 31.5 Å². The van der Waals surface area contributed by atoms with Crippen LogP contribution in [0.25, 0.3) is 0 Å². The van der Waals surface area contributed by atoms with Gasteiger partial charge in [0.2, 0.25) is 0 Å². The number of methoxy groups -OCH3 is 1. The lowest BCUT2D eigenvalue weighted by molar-refractivity contribution is -0.141. The molecule has 1 heterocycles. The average molecular weight is 438 g/mol. The quantitative estimate of drug-likeness (QED) is 0.631. The maximum absolute atomic E-state index is 13.0. The summed E-state index contributed by atoms with van der Waals surface area (Å²) in [5, 5.41) is 11.4. The average Bonchev–Trinajstić information content (AvgIpc) is 2.89. The molecule has 0 saturated heterocycles.